The molecule has 0 bridgehead atoms. The number of nitrogens with one attached hydrogen (secondary N) is 1. The average molecular weight is 554 g/mol. The maximum atomic E-state index is 14.5. The van der Waals surface area contributed by atoms with Gasteiger partial charge in [0.1, 0.15) is 24.5 Å². The van der Waals surface area contributed by atoms with Crippen molar-refractivity contribution in [2.75, 3.05) is 20.8 Å². The molecule has 0 spiro atoms. The smallest absolute Gasteiger partial charge is 0.332 e. The number of benzene rings is 2. The number of imidazole rings is 1. The lowest BCUT2D eigenvalue weighted by molar-refractivity contribution is -0.119. The van der Waals surface area contributed by atoms with E-state index < -0.39 is 43.1 Å². The topological polar surface area (TPSA) is 144 Å². The summed E-state index contributed by atoms with van der Waals surface area (Å²) in [6, 6.07) is 4.56. The van der Waals surface area contributed by atoms with Gasteiger partial charge in [-0.15, -0.1) is 0 Å². The fraction of sp³-hybridized carbons (Fsp3) is 0.217. The summed E-state index contributed by atoms with van der Waals surface area (Å²) in [7, 11) is 2.55. The van der Waals surface area contributed by atoms with Crippen LogP contribution >= 0.6 is 11.6 Å². The van der Waals surface area contributed by atoms with Crippen molar-refractivity contribution in [2.24, 2.45) is 5.73 Å². The molecule has 0 aliphatic rings. The van der Waals surface area contributed by atoms with E-state index in [1.165, 1.54) is 32.4 Å². The second-order valence-corrected chi connectivity index (χ2v) is 7.99. The Balaban J connectivity index is 1.86. The highest BCUT2D eigenvalue weighted by molar-refractivity contribution is 6.32. The molecule has 0 saturated carbocycles. The van der Waals surface area contributed by atoms with E-state index in [-0.39, 0.29) is 56.4 Å². The van der Waals surface area contributed by atoms with Crippen molar-refractivity contribution in [2.45, 2.75) is 13.3 Å². The van der Waals surface area contributed by atoms with Crippen molar-refractivity contribution in [3.8, 4) is 28.8 Å². The summed E-state index contributed by atoms with van der Waals surface area (Å²) >= 11 is 6.44. The molecule has 0 saturated heterocycles. The van der Waals surface area contributed by atoms with Gasteiger partial charge in [0.15, 0.2) is 41.2 Å². The molecule has 2 aromatic heterocycles. The Morgan fingerprint density at radius 1 is 1.11 bits per heavy atom. The van der Waals surface area contributed by atoms with Crippen molar-refractivity contribution in [1.82, 2.24) is 19.5 Å². The summed E-state index contributed by atoms with van der Waals surface area (Å²) in [4.78, 5) is 34.7. The zero-order chi connectivity index (χ0) is 27.6. The number of carbonyl (C=O) groups is 1. The number of hydrogen-bond acceptors (Lipinski definition) is 8. The highest BCUT2D eigenvalue weighted by Crippen LogP contribution is 2.37. The van der Waals surface area contributed by atoms with E-state index >= 15 is 0 Å². The van der Waals surface area contributed by atoms with Gasteiger partial charge in [0.25, 0.3) is 5.91 Å². The highest BCUT2D eigenvalue weighted by atomic mass is 35.5. The Bertz CT molecular complexity index is 1590. The van der Waals surface area contributed by atoms with E-state index in [0.29, 0.717) is 0 Å². The van der Waals surface area contributed by atoms with Gasteiger partial charge in [0.2, 0.25) is 5.88 Å². The first-order valence-electron chi connectivity index (χ1n) is 10.7. The molecule has 0 aliphatic carbocycles. The lowest BCUT2D eigenvalue weighted by Gasteiger charge is -2.17. The second kappa shape index (κ2) is 10.9. The minimum Gasteiger partial charge on any atom is -0.496 e. The number of methoxy groups -OCH3 is 2. The van der Waals surface area contributed by atoms with Crippen LogP contribution in [-0.2, 0) is 18.1 Å². The Labute approximate surface area is 216 Å². The Morgan fingerprint density at radius 3 is 2.50 bits per heavy atom. The number of carbonyl (C=O) groups excluding carboxylic acids is 1. The van der Waals surface area contributed by atoms with E-state index in [2.05, 4.69) is 15.0 Å². The molecule has 200 valence electrons. The summed E-state index contributed by atoms with van der Waals surface area (Å²) in [6.45, 7) is -2.17. The maximum Gasteiger partial charge on any atom is 0.332 e. The zero-order valence-electron chi connectivity index (χ0n) is 19.8. The number of amides is 1. The van der Waals surface area contributed by atoms with Gasteiger partial charge >= 0.3 is 5.69 Å². The molecule has 0 radical (unpaired) electrons. The van der Waals surface area contributed by atoms with Crippen LogP contribution in [0, 0.1) is 11.6 Å². The third kappa shape index (κ3) is 5.02. The van der Waals surface area contributed by atoms with Crippen molar-refractivity contribution < 1.29 is 36.9 Å². The van der Waals surface area contributed by atoms with E-state index in [1.54, 1.807) is 0 Å². The fourth-order valence-corrected chi connectivity index (χ4v) is 3.79. The number of ether oxygens (including phenoxy) is 4. The molecule has 15 heteroatoms. The van der Waals surface area contributed by atoms with E-state index in [1.807, 2.05) is 0 Å². The van der Waals surface area contributed by atoms with Crippen molar-refractivity contribution in [3.05, 3.63) is 62.8 Å². The molecule has 0 fully saturated rings. The van der Waals surface area contributed by atoms with Crippen LogP contribution in [-0.4, -0.2) is 46.3 Å². The Morgan fingerprint density at radius 2 is 1.84 bits per heavy atom. The number of nitrogens with zero attached hydrogens (tertiary/aromatic N) is 3. The molecule has 0 aliphatic heterocycles. The number of aromatic amines is 1. The van der Waals surface area contributed by atoms with Gasteiger partial charge in [-0.25, -0.2) is 27.5 Å². The fourth-order valence-electron chi connectivity index (χ4n) is 3.55. The average Bonchev–Trinajstić information content (AvgIpc) is 3.23. The molecule has 2 heterocycles. The highest BCUT2D eigenvalue weighted by Gasteiger charge is 2.22. The minimum atomic E-state index is -1.20. The van der Waals surface area contributed by atoms with Crippen LogP contribution in [0.1, 0.15) is 11.4 Å². The number of fused-ring (bicyclic) bond motifs is 1. The Hall–Kier alpha value is -4.46. The van der Waals surface area contributed by atoms with Gasteiger partial charge in [0.05, 0.1) is 30.5 Å². The molecule has 11 nitrogen and oxygen atoms in total. The molecule has 3 N–H and O–H groups in total. The molecule has 4 rings (SSSR count). The van der Waals surface area contributed by atoms with Crippen LogP contribution < -0.4 is 30.4 Å². The maximum absolute atomic E-state index is 14.5. The van der Waals surface area contributed by atoms with Crippen molar-refractivity contribution in [3.63, 3.8) is 0 Å². The number of hydrogen-bond donors (Lipinski definition) is 2. The van der Waals surface area contributed by atoms with Gasteiger partial charge in [-0.1, -0.05) is 11.6 Å². The summed E-state index contributed by atoms with van der Waals surface area (Å²) in [6.07, 6.45) is 0. The third-order valence-electron chi connectivity index (χ3n) is 5.23. The molecular formula is C23H19ClF3N5O6. The predicted octanol–water partition coefficient (Wildman–Crippen LogP) is 2.97. The van der Waals surface area contributed by atoms with Crippen LogP contribution in [0.25, 0.3) is 16.9 Å². The number of aromatic nitrogens is 4. The van der Waals surface area contributed by atoms with Crippen LogP contribution in [0.2, 0.25) is 5.02 Å². The second-order valence-electron chi connectivity index (χ2n) is 7.58. The number of nitrogens with two attached hydrogens (primary N) is 1. The minimum absolute atomic E-state index is 0.00749. The summed E-state index contributed by atoms with van der Waals surface area (Å²) in [5, 5.41) is -0.0753. The lowest BCUT2D eigenvalue weighted by atomic mass is 10.2. The van der Waals surface area contributed by atoms with Crippen molar-refractivity contribution >= 4 is 28.7 Å². The van der Waals surface area contributed by atoms with Gasteiger partial charge in [-0.05, 0) is 12.1 Å². The molecule has 4 aromatic rings. The number of rotatable bonds is 10. The normalized spacial score (nSPS) is 11.0. The van der Waals surface area contributed by atoms with Crippen LogP contribution in [0.3, 0.4) is 0 Å². The zero-order valence-corrected chi connectivity index (χ0v) is 20.6. The molecule has 2 aromatic carbocycles. The molecule has 38 heavy (non-hydrogen) atoms. The molecule has 1 amide bonds. The van der Waals surface area contributed by atoms with E-state index in [4.69, 9.17) is 36.3 Å². The summed E-state index contributed by atoms with van der Waals surface area (Å²) in [5.41, 5.74) is 4.16. The van der Waals surface area contributed by atoms with E-state index in [9.17, 15) is 22.8 Å². The largest absolute Gasteiger partial charge is 0.496 e. The van der Waals surface area contributed by atoms with Crippen LogP contribution in [0.15, 0.2) is 29.1 Å². The summed E-state index contributed by atoms with van der Waals surface area (Å²) < 4.78 is 64.0. The number of primary amides is 1. The number of alkyl halides is 1. The lowest BCUT2D eigenvalue weighted by Crippen LogP contribution is -2.20. The monoisotopic (exact) mass is 553 g/mol. The third-order valence-corrected chi connectivity index (χ3v) is 5.53. The standard InChI is InChI=1S/C23H19ClF3N5O6/c1-35-14-4-3-12(26)19(27)10(14)8-37-16-6-13(11(24)5-15(16)38-9-17(28)33)32-21-20(31-23(32)34)22(36-2)30-18(7-25)29-21/h3-6H,7-9H2,1-2H3,(H2,28,33)(H,31,34). The first kappa shape index (κ1) is 26.6. The van der Waals surface area contributed by atoms with Crippen LogP contribution in [0.4, 0.5) is 13.2 Å². The van der Waals surface area contributed by atoms with E-state index in [0.717, 1.165) is 10.6 Å². The van der Waals surface area contributed by atoms with Gasteiger partial charge in [-0.3, -0.25) is 9.78 Å². The van der Waals surface area contributed by atoms with Gasteiger partial charge in [-0.2, -0.15) is 4.98 Å². The molecular weight excluding hydrogens is 535 g/mol. The van der Waals surface area contributed by atoms with Crippen molar-refractivity contribution in [1.29, 1.82) is 0 Å². The SMILES string of the molecule is COc1ccc(F)c(F)c1COc1cc(-n2c(=O)[nH]c3c(OC)nc(CF)nc32)c(Cl)cc1OCC(N)=O. The summed E-state index contributed by atoms with van der Waals surface area (Å²) in [5.74, 6) is -3.71. The number of halogens is 4. The Kier molecular flexibility index (Phi) is 7.62. The number of H-pyrrole nitrogens is 1. The van der Waals surface area contributed by atoms with Gasteiger partial charge < -0.3 is 24.7 Å². The first-order valence-corrected chi connectivity index (χ1v) is 11.1. The quantitative estimate of drug-likeness (QED) is 0.305. The predicted molar refractivity (Wildman–Crippen MR) is 128 cm³/mol. The van der Waals surface area contributed by atoms with Crippen LogP contribution in [0.5, 0.6) is 23.1 Å². The van der Waals surface area contributed by atoms with Gasteiger partial charge in [0, 0.05) is 12.1 Å². The molecule has 0 unspecified atom stereocenters. The first-order chi connectivity index (χ1) is 18.2. The molecule has 0 atom stereocenters.